The predicted octanol–water partition coefficient (Wildman–Crippen LogP) is 4.62. The largest absolute Gasteiger partial charge is 0.573 e. The van der Waals surface area contributed by atoms with Crippen LogP contribution in [0.5, 0.6) is 5.75 Å². The number of benzene rings is 2. The average molecular weight is 530 g/mol. The molecule has 2 aliphatic rings. The number of sulfonamides is 1. The first kappa shape index (κ1) is 26.4. The van der Waals surface area contributed by atoms with Crippen LogP contribution >= 0.6 is 0 Å². The molecule has 12 heteroatoms. The summed E-state index contributed by atoms with van der Waals surface area (Å²) in [5, 5.41) is 7.66. The maximum atomic E-state index is 13.4. The van der Waals surface area contributed by atoms with Crippen molar-refractivity contribution in [2.24, 2.45) is 11.1 Å². The molecule has 0 amide bonds. The van der Waals surface area contributed by atoms with Gasteiger partial charge in [0.05, 0.1) is 10.6 Å². The van der Waals surface area contributed by atoms with Gasteiger partial charge in [-0.05, 0) is 67.9 Å². The van der Waals surface area contributed by atoms with Gasteiger partial charge in [0, 0.05) is 31.8 Å². The fourth-order valence-corrected chi connectivity index (χ4v) is 5.83. The third-order valence-corrected chi connectivity index (χ3v) is 8.21. The van der Waals surface area contributed by atoms with Crippen LogP contribution < -0.4 is 10.1 Å². The van der Waals surface area contributed by atoms with Crippen LogP contribution in [0.4, 0.5) is 17.6 Å². The minimum absolute atomic E-state index is 0.115. The molecule has 2 aromatic carbocycles. The fourth-order valence-electron chi connectivity index (χ4n) is 4.39. The van der Waals surface area contributed by atoms with Crippen LogP contribution in [0.3, 0.4) is 0 Å². The van der Waals surface area contributed by atoms with E-state index >= 15 is 0 Å². The normalized spacial score (nSPS) is 19.1. The lowest BCUT2D eigenvalue weighted by Gasteiger charge is -2.30. The summed E-state index contributed by atoms with van der Waals surface area (Å²) >= 11 is 0. The summed E-state index contributed by atoms with van der Waals surface area (Å²) in [5.74, 6) is -0.604. The summed E-state index contributed by atoms with van der Waals surface area (Å²) in [4.78, 5) is 5.85. The van der Waals surface area contributed by atoms with Gasteiger partial charge < -0.3 is 14.9 Å². The maximum absolute atomic E-state index is 13.4. The highest BCUT2D eigenvalue weighted by atomic mass is 32.2. The Hall–Kier alpha value is -2.70. The Labute approximate surface area is 207 Å². The molecule has 0 bridgehead atoms. The van der Waals surface area contributed by atoms with E-state index in [9.17, 15) is 26.0 Å². The molecule has 2 aliphatic heterocycles. The van der Waals surface area contributed by atoms with Crippen molar-refractivity contribution in [1.29, 1.82) is 0 Å². The highest BCUT2D eigenvalue weighted by molar-refractivity contribution is 7.89. The van der Waals surface area contributed by atoms with Crippen molar-refractivity contribution >= 4 is 15.7 Å². The third kappa shape index (κ3) is 6.74. The predicted molar refractivity (Wildman–Crippen MR) is 124 cm³/mol. The molecule has 2 fully saturated rings. The van der Waals surface area contributed by atoms with Crippen molar-refractivity contribution in [2.45, 2.75) is 43.0 Å². The molecular weight excluding hydrogens is 502 g/mol. The first-order valence-corrected chi connectivity index (χ1v) is 13.1. The zero-order valence-electron chi connectivity index (χ0n) is 19.4. The highest BCUT2D eigenvalue weighted by Gasteiger charge is 2.32. The Morgan fingerprint density at radius 1 is 0.972 bits per heavy atom. The number of rotatable bonds is 7. The molecule has 0 aliphatic carbocycles. The second kappa shape index (κ2) is 11.1. The summed E-state index contributed by atoms with van der Waals surface area (Å²) in [5.41, 5.74) is 1.56. The van der Waals surface area contributed by atoms with E-state index < -0.39 is 22.1 Å². The number of piperidine rings is 2. The molecule has 1 N–H and O–H groups in total. The molecule has 2 saturated heterocycles. The van der Waals surface area contributed by atoms with Crippen LogP contribution in [0.15, 0.2) is 58.6 Å². The van der Waals surface area contributed by atoms with Crippen molar-refractivity contribution in [3.63, 3.8) is 0 Å². The Balaban J connectivity index is 1.39. The zero-order valence-corrected chi connectivity index (χ0v) is 20.2. The molecule has 4 rings (SSSR count). The molecular formula is C24H27F4N3O4S. The quantitative estimate of drug-likeness (QED) is 0.418. The topological polar surface area (TPSA) is 80.2 Å². The van der Waals surface area contributed by atoms with E-state index in [4.69, 9.17) is 4.84 Å². The lowest BCUT2D eigenvalue weighted by molar-refractivity contribution is -0.274. The van der Waals surface area contributed by atoms with Gasteiger partial charge in [0.1, 0.15) is 11.6 Å². The summed E-state index contributed by atoms with van der Waals surface area (Å²) in [6, 6.07) is 10.3. The van der Waals surface area contributed by atoms with E-state index in [-0.39, 0.29) is 35.8 Å². The molecule has 2 heterocycles. The molecule has 1 atom stereocenters. The van der Waals surface area contributed by atoms with Gasteiger partial charge in [0.2, 0.25) is 10.0 Å². The number of alkyl halides is 3. The number of hydrogen-bond acceptors (Lipinski definition) is 6. The molecule has 7 nitrogen and oxygen atoms in total. The smallest absolute Gasteiger partial charge is 0.406 e. The van der Waals surface area contributed by atoms with Crippen LogP contribution in [0.2, 0.25) is 0 Å². The van der Waals surface area contributed by atoms with Gasteiger partial charge in [0.25, 0.3) is 0 Å². The Kier molecular flexibility index (Phi) is 8.16. The van der Waals surface area contributed by atoms with Gasteiger partial charge in [-0.3, -0.25) is 0 Å². The van der Waals surface area contributed by atoms with Crippen LogP contribution in [-0.4, -0.2) is 51.0 Å². The number of nitrogens with one attached hydrogen (secondary N) is 1. The zero-order chi connectivity index (χ0) is 25.8. The van der Waals surface area contributed by atoms with Crippen LogP contribution in [0, 0.1) is 11.7 Å². The van der Waals surface area contributed by atoms with E-state index in [1.165, 1.54) is 16.4 Å². The molecule has 2 aromatic rings. The van der Waals surface area contributed by atoms with Crippen molar-refractivity contribution in [3.05, 3.63) is 59.9 Å². The van der Waals surface area contributed by atoms with Crippen LogP contribution in [0.25, 0.3) is 0 Å². The van der Waals surface area contributed by atoms with Crippen molar-refractivity contribution in [3.8, 4) is 5.75 Å². The van der Waals surface area contributed by atoms with E-state index in [1.54, 1.807) is 12.1 Å². The van der Waals surface area contributed by atoms with Gasteiger partial charge in [0.15, 0.2) is 6.10 Å². The van der Waals surface area contributed by atoms with Gasteiger partial charge in [-0.25, -0.2) is 12.8 Å². The van der Waals surface area contributed by atoms with Crippen LogP contribution in [0.1, 0.15) is 37.4 Å². The maximum Gasteiger partial charge on any atom is 0.573 e. The Morgan fingerprint density at radius 2 is 1.58 bits per heavy atom. The minimum Gasteiger partial charge on any atom is -0.406 e. The summed E-state index contributed by atoms with van der Waals surface area (Å²) < 4.78 is 81.4. The lowest BCUT2D eigenvalue weighted by Crippen LogP contribution is -2.38. The van der Waals surface area contributed by atoms with Crippen molar-refractivity contribution < 1.29 is 35.6 Å². The Morgan fingerprint density at radius 3 is 2.17 bits per heavy atom. The molecule has 1 unspecified atom stereocenters. The molecule has 0 saturated carbocycles. The van der Waals surface area contributed by atoms with Crippen LogP contribution in [-0.2, 0) is 14.9 Å². The van der Waals surface area contributed by atoms with Crippen molar-refractivity contribution in [1.82, 2.24) is 9.62 Å². The summed E-state index contributed by atoms with van der Waals surface area (Å²) in [6.07, 6.45) is -2.68. The lowest BCUT2D eigenvalue weighted by atomic mass is 9.88. The molecule has 0 spiro atoms. The van der Waals surface area contributed by atoms with E-state index in [2.05, 4.69) is 15.2 Å². The van der Waals surface area contributed by atoms with Crippen molar-refractivity contribution in [2.75, 3.05) is 26.2 Å². The molecule has 0 aromatic heterocycles. The average Bonchev–Trinajstić information content (AvgIpc) is 2.85. The number of halogens is 4. The van der Waals surface area contributed by atoms with Gasteiger partial charge >= 0.3 is 6.36 Å². The van der Waals surface area contributed by atoms with E-state index in [0.717, 1.165) is 61.5 Å². The van der Waals surface area contributed by atoms with Gasteiger partial charge in [-0.15, -0.1) is 13.2 Å². The number of hydrogen-bond donors (Lipinski definition) is 1. The first-order valence-electron chi connectivity index (χ1n) is 11.7. The second-order valence-electron chi connectivity index (χ2n) is 8.75. The molecule has 0 radical (unpaired) electrons. The standard InChI is InChI=1S/C24H27F4N3O4S/c25-19-3-1-17(2-4-19)23(18-9-13-29-14-10-18)35-30-20-11-15-31(16-12-20)36(32,33)22-7-5-21(6-8-22)34-24(26,27)28/h1-8,18,23,29H,9-16H2. The third-order valence-electron chi connectivity index (χ3n) is 6.30. The van der Waals surface area contributed by atoms with Gasteiger partial charge in [-0.1, -0.05) is 17.3 Å². The SMILES string of the molecule is O=S(=O)(c1ccc(OC(F)(F)F)cc1)N1CCC(=NOC(c2ccc(F)cc2)C2CCNCC2)CC1. The first-order chi connectivity index (χ1) is 17.1. The monoisotopic (exact) mass is 529 g/mol. The minimum atomic E-state index is -4.85. The number of oxime groups is 1. The van der Waals surface area contributed by atoms with E-state index in [1.807, 2.05) is 0 Å². The summed E-state index contributed by atoms with van der Waals surface area (Å²) in [7, 11) is -3.88. The highest BCUT2D eigenvalue weighted by Crippen LogP contribution is 2.33. The van der Waals surface area contributed by atoms with E-state index in [0.29, 0.717) is 12.8 Å². The second-order valence-corrected chi connectivity index (χ2v) is 10.7. The summed E-state index contributed by atoms with van der Waals surface area (Å²) in [6.45, 7) is 2.05. The molecule has 196 valence electrons. The number of nitrogens with zero attached hydrogens (tertiary/aromatic N) is 2. The van der Waals surface area contributed by atoms with Gasteiger partial charge in [-0.2, -0.15) is 4.31 Å². The number of ether oxygens (including phenoxy) is 1. The Bertz CT molecular complexity index is 1140. The fraction of sp³-hybridized carbons (Fsp3) is 0.458. The molecule has 36 heavy (non-hydrogen) atoms.